The number of nitrogens with one attached hydrogen (secondary N) is 6. The van der Waals surface area contributed by atoms with Crippen molar-refractivity contribution in [3.63, 3.8) is 0 Å². The summed E-state index contributed by atoms with van der Waals surface area (Å²) in [5.74, 6) is 7.25. The number of anilines is 2. The van der Waals surface area contributed by atoms with Gasteiger partial charge >= 0.3 is 0 Å². The van der Waals surface area contributed by atoms with E-state index in [0.717, 1.165) is 53.2 Å². The molecule has 20 rings (SSSR count). The molecule has 382 valence electrons. The highest BCUT2D eigenvalue weighted by Crippen LogP contribution is 3.11. The van der Waals surface area contributed by atoms with Gasteiger partial charge in [-0.25, -0.2) is 19.0 Å². The lowest BCUT2D eigenvalue weighted by Gasteiger charge is -3.11. The summed E-state index contributed by atoms with van der Waals surface area (Å²) in [5, 5.41) is 26.0. The van der Waals surface area contributed by atoms with E-state index in [1.807, 2.05) is 6.07 Å². The van der Waals surface area contributed by atoms with E-state index in [-0.39, 0.29) is 83.8 Å². The highest BCUT2D eigenvalue weighted by Gasteiger charge is 3.11. The smallest absolute Gasteiger partial charge is 0.270 e. The third kappa shape index (κ3) is 4.61. The molecule has 8 N–H and O–H groups in total. The molecule has 22 nitrogen and oxygen atoms in total. The van der Waals surface area contributed by atoms with Crippen LogP contribution in [0.15, 0.2) is 73.1 Å². The number of hydrogen-bond acceptors (Lipinski definition) is 13. The molecule has 6 aromatic rings. The van der Waals surface area contributed by atoms with Gasteiger partial charge in [0.2, 0.25) is 5.91 Å². The molecule has 0 radical (unpaired) electrons. The maximum absolute atomic E-state index is 13.3. The molecular weight excluding hydrogens is 975 g/mol. The molecule has 76 heavy (non-hydrogen) atoms. The van der Waals surface area contributed by atoms with Gasteiger partial charge < -0.3 is 47.1 Å². The summed E-state index contributed by atoms with van der Waals surface area (Å²) in [6.07, 6.45) is 3.11. The number of nitrogens with zero attached hydrogens (tertiary/aromatic N) is 6. The molecular formula is C54H47N13O9. The van der Waals surface area contributed by atoms with E-state index >= 15 is 0 Å². The molecule has 2 aliphatic heterocycles. The van der Waals surface area contributed by atoms with Gasteiger partial charge in [0, 0.05) is 50.4 Å². The SMILES string of the molecule is CC12C3C4C1C1C2C3C41CNC(=O)c1cc(C(=O)NCc2ccc3c(c2)NC(=O)CO3)nc2ccnn12.NC(=O)C12C3C4C1C1C2C3C41CNC(=O)c1cc(C(=O)NCc2ccc3c(c2)NC(=O)CO3)nc2ccnn12. The molecule has 12 saturated carbocycles. The van der Waals surface area contributed by atoms with Gasteiger partial charge in [-0.05, 0) is 123 Å². The van der Waals surface area contributed by atoms with Crippen molar-refractivity contribution in [1.82, 2.24) is 50.5 Å². The van der Waals surface area contributed by atoms with Crippen molar-refractivity contribution in [3.05, 3.63) is 107 Å². The molecule has 12 fully saturated rings. The third-order valence-corrected chi connectivity index (χ3v) is 21.6. The van der Waals surface area contributed by atoms with Crippen molar-refractivity contribution in [2.75, 3.05) is 36.9 Å². The number of amides is 7. The van der Waals surface area contributed by atoms with Crippen LogP contribution in [0.4, 0.5) is 11.4 Å². The zero-order chi connectivity index (χ0) is 51.3. The molecule has 4 aromatic heterocycles. The zero-order valence-corrected chi connectivity index (χ0v) is 40.5. The number of benzene rings is 2. The number of nitrogens with two attached hydrogens (primary N) is 1. The van der Waals surface area contributed by atoms with Crippen molar-refractivity contribution < 1.29 is 43.0 Å². The fraction of sp³-hybridized carbons (Fsp3) is 0.426. The first-order valence-corrected chi connectivity index (χ1v) is 26.0. The third-order valence-electron chi connectivity index (χ3n) is 21.6. The van der Waals surface area contributed by atoms with Crippen LogP contribution in [-0.4, -0.2) is 96.8 Å². The summed E-state index contributed by atoms with van der Waals surface area (Å²) in [6, 6.07) is 16.9. The Morgan fingerprint density at radius 3 is 1.42 bits per heavy atom. The predicted molar refractivity (Wildman–Crippen MR) is 261 cm³/mol. The van der Waals surface area contributed by atoms with Crippen LogP contribution < -0.4 is 47.1 Å². The Balaban J connectivity index is 0.000000124. The summed E-state index contributed by atoms with van der Waals surface area (Å²) in [6.45, 7) is 4.14. The maximum Gasteiger partial charge on any atom is 0.270 e. The van der Waals surface area contributed by atoms with Gasteiger partial charge in [0.1, 0.15) is 34.3 Å². The Labute approximate surface area is 430 Å². The monoisotopic (exact) mass is 1020 g/mol. The number of rotatable bonds is 13. The Kier molecular flexibility index (Phi) is 7.73. The van der Waals surface area contributed by atoms with E-state index in [2.05, 4.69) is 59.0 Å². The molecule has 0 unspecified atom stereocenters. The Morgan fingerprint density at radius 2 is 1.00 bits per heavy atom. The lowest BCUT2D eigenvalue weighted by molar-refractivity contribution is -0.651. The van der Waals surface area contributed by atoms with Crippen LogP contribution in [0.25, 0.3) is 11.3 Å². The summed E-state index contributed by atoms with van der Waals surface area (Å²) in [5.41, 5.74) is 10.9. The minimum atomic E-state index is -0.441. The molecule has 2 aromatic carbocycles. The molecule has 22 heteroatoms. The van der Waals surface area contributed by atoms with Crippen molar-refractivity contribution in [3.8, 4) is 11.5 Å². The fourth-order valence-corrected chi connectivity index (χ4v) is 19.3. The number of ether oxygens (including phenoxy) is 2. The lowest BCUT2D eigenvalue weighted by Crippen LogP contribution is -3.12. The van der Waals surface area contributed by atoms with Gasteiger partial charge in [0.15, 0.2) is 24.5 Å². The minimum Gasteiger partial charge on any atom is -0.482 e. The van der Waals surface area contributed by atoms with Crippen LogP contribution >= 0.6 is 0 Å². The topological polar surface area (TPSA) is 297 Å². The van der Waals surface area contributed by atoms with Crippen molar-refractivity contribution in [1.29, 1.82) is 0 Å². The molecule has 0 bridgehead atoms. The fourth-order valence-electron chi connectivity index (χ4n) is 19.3. The average molecular weight is 1020 g/mol. The van der Waals surface area contributed by atoms with Crippen LogP contribution in [0.3, 0.4) is 0 Å². The summed E-state index contributed by atoms with van der Waals surface area (Å²) < 4.78 is 13.7. The van der Waals surface area contributed by atoms with E-state index < -0.39 is 11.8 Å². The van der Waals surface area contributed by atoms with Gasteiger partial charge in [0.05, 0.1) is 29.2 Å². The first-order valence-electron chi connectivity index (χ1n) is 26.0. The van der Waals surface area contributed by atoms with E-state index in [1.165, 1.54) is 27.4 Å². The number of fused-ring (bicyclic) bond motifs is 4. The zero-order valence-electron chi connectivity index (χ0n) is 40.5. The molecule has 0 atom stereocenters. The molecule has 6 heterocycles. The standard InChI is InChI=1S/C27H23N7O5.C27H24N6O4/c28-25(38)27-20-17-21(27)19-22(27)18(20)26(17,19)9-30-24(37)13-6-12(32-15-3-4-31-34(13)15)23(36)29-7-10-1-2-14-11(5-10)33-16(35)8-39-14;1-26-18-21-19(26)23-20(26)22(18)27(21,23)10-29-25(36)14-7-13(31-16-4-5-30-33(14)16)24(35)28-8-11-2-3-15-12(6-11)32-17(34)9-37-15/h1-6,17-22H,7-9H2,(H2,28,38)(H,29,36)(H,30,37)(H,33,35);2-7,18-23H,8-10H2,1H3,(H,28,35)(H,29,36)(H,32,34). The Hall–Kier alpha value is -8.43. The molecule has 7 amide bonds. The van der Waals surface area contributed by atoms with Gasteiger partial charge in [-0.1, -0.05) is 19.1 Å². The van der Waals surface area contributed by atoms with E-state index in [4.69, 9.17) is 15.2 Å². The largest absolute Gasteiger partial charge is 0.482 e. The second-order valence-electron chi connectivity index (χ2n) is 23.5. The van der Waals surface area contributed by atoms with Gasteiger partial charge in [-0.3, -0.25) is 33.6 Å². The number of carbonyl (C=O) groups is 7. The predicted octanol–water partition coefficient (Wildman–Crippen LogP) is 1.42. The summed E-state index contributed by atoms with van der Waals surface area (Å²) >= 11 is 0. The normalized spacial score (nSPS) is 37.1. The first-order chi connectivity index (χ1) is 36.8. The van der Waals surface area contributed by atoms with Crippen LogP contribution in [-0.2, 0) is 27.5 Å². The lowest BCUT2D eigenvalue weighted by atomic mass is 8.92. The van der Waals surface area contributed by atoms with Crippen LogP contribution in [0, 0.1) is 92.7 Å². The quantitative estimate of drug-likeness (QED) is 0.0863. The molecule has 0 saturated heterocycles. The van der Waals surface area contributed by atoms with Crippen LogP contribution in [0.2, 0.25) is 0 Å². The van der Waals surface area contributed by atoms with Crippen LogP contribution in [0.5, 0.6) is 11.5 Å². The van der Waals surface area contributed by atoms with Gasteiger partial charge in [0.25, 0.3) is 35.4 Å². The number of primary amides is 1. The van der Waals surface area contributed by atoms with E-state index in [0.29, 0.717) is 92.7 Å². The highest BCUT2D eigenvalue weighted by atomic mass is 16.5. The number of carbonyl (C=O) groups excluding carboxylic acids is 7. The second kappa shape index (κ2) is 13.7. The summed E-state index contributed by atoms with van der Waals surface area (Å²) in [4.78, 5) is 96.7. The van der Waals surface area contributed by atoms with Gasteiger partial charge in [-0.2, -0.15) is 10.2 Å². The highest BCUT2D eigenvalue weighted by molar-refractivity contribution is 6.00. The second-order valence-corrected chi connectivity index (χ2v) is 23.5. The minimum absolute atomic E-state index is 0.00848. The van der Waals surface area contributed by atoms with Crippen LogP contribution in [0.1, 0.15) is 60.0 Å². The summed E-state index contributed by atoms with van der Waals surface area (Å²) in [7, 11) is 0. The number of hydrogen-bond donors (Lipinski definition) is 7. The van der Waals surface area contributed by atoms with Crippen molar-refractivity contribution in [2.24, 2.45) is 98.4 Å². The molecule has 0 spiro atoms. The van der Waals surface area contributed by atoms with Gasteiger partial charge in [-0.15, -0.1) is 0 Å². The van der Waals surface area contributed by atoms with E-state index in [9.17, 15) is 33.6 Å². The maximum atomic E-state index is 13.3. The van der Waals surface area contributed by atoms with Crippen molar-refractivity contribution >= 4 is 64.0 Å². The average Bonchev–Trinajstić information content (AvgIpc) is 0.711. The molecule has 14 aliphatic rings. The number of aromatic nitrogens is 6. The Bertz CT molecular complexity index is 3700. The van der Waals surface area contributed by atoms with Crippen molar-refractivity contribution in [2.45, 2.75) is 20.0 Å². The Morgan fingerprint density at radius 1 is 0.579 bits per heavy atom. The first kappa shape index (κ1) is 42.9. The molecule has 12 aliphatic carbocycles. The van der Waals surface area contributed by atoms with E-state index in [1.54, 1.807) is 48.7 Å².